The van der Waals surface area contributed by atoms with E-state index in [-0.39, 0.29) is 12.5 Å². The Hall–Kier alpha value is -2.16. The van der Waals surface area contributed by atoms with Gasteiger partial charge in [-0.1, -0.05) is 12.1 Å². The molecule has 0 fully saturated rings. The molecule has 0 aliphatic carbocycles. The van der Waals surface area contributed by atoms with Gasteiger partial charge >= 0.3 is 0 Å². The van der Waals surface area contributed by atoms with E-state index >= 15 is 0 Å². The van der Waals surface area contributed by atoms with E-state index in [1.54, 1.807) is 31.4 Å². The van der Waals surface area contributed by atoms with Crippen LogP contribution < -0.4 is 5.32 Å². The standard InChI is InChI=1S/C16H20N2O3/c1-16(8-9-19,12-21-2)18-15(20)7-6-13-4-3-5-14(10-13)11-17/h3-7,10,19H,8-9,12H2,1-2H3,(H,18,20)/b7-6+. The number of carbonyl (C=O) groups is 1. The van der Waals surface area contributed by atoms with E-state index in [9.17, 15) is 4.79 Å². The number of aliphatic hydroxyl groups is 1. The third-order valence-electron chi connectivity index (χ3n) is 2.99. The van der Waals surface area contributed by atoms with E-state index in [4.69, 9.17) is 15.1 Å². The first kappa shape index (κ1) is 16.9. The number of nitrogens with one attached hydrogen (secondary N) is 1. The molecule has 0 saturated heterocycles. The first-order valence-corrected chi connectivity index (χ1v) is 6.63. The average Bonchev–Trinajstić information content (AvgIpc) is 2.45. The maximum Gasteiger partial charge on any atom is 0.244 e. The number of nitrogens with zero attached hydrogens (tertiary/aromatic N) is 1. The zero-order valence-corrected chi connectivity index (χ0v) is 12.3. The van der Waals surface area contributed by atoms with E-state index in [0.29, 0.717) is 18.6 Å². The van der Waals surface area contributed by atoms with Crippen molar-refractivity contribution >= 4 is 12.0 Å². The van der Waals surface area contributed by atoms with Gasteiger partial charge in [-0.3, -0.25) is 4.79 Å². The van der Waals surface area contributed by atoms with Crippen molar-refractivity contribution in [2.45, 2.75) is 18.9 Å². The zero-order valence-electron chi connectivity index (χ0n) is 12.3. The molecule has 5 heteroatoms. The molecule has 0 heterocycles. The maximum atomic E-state index is 11.9. The minimum absolute atomic E-state index is 0.0337. The molecule has 0 spiro atoms. The average molecular weight is 288 g/mol. The first-order chi connectivity index (χ1) is 10.0. The van der Waals surface area contributed by atoms with Gasteiger partial charge in [-0.25, -0.2) is 0 Å². The maximum absolute atomic E-state index is 11.9. The smallest absolute Gasteiger partial charge is 0.244 e. The van der Waals surface area contributed by atoms with Gasteiger partial charge in [0.2, 0.25) is 5.91 Å². The molecular weight excluding hydrogens is 268 g/mol. The van der Waals surface area contributed by atoms with Crippen LogP contribution in [0, 0.1) is 11.3 Å². The Labute approximate surface area is 124 Å². The summed E-state index contributed by atoms with van der Waals surface area (Å²) in [6.45, 7) is 2.10. The first-order valence-electron chi connectivity index (χ1n) is 6.63. The lowest BCUT2D eigenvalue weighted by atomic mass is 9.99. The highest BCUT2D eigenvalue weighted by Crippen LogP contribution is 2.10. The number of hydrogen-bond donors (Lipinski definition) is 2. The summed E-state index contributed by atoms with van der Waals surface area (Å²) >= 11 is 0. The minimum Gasteiger partial charge on any atom is -0.396 e. The zero-order chi connectivity index (χ0) is 15.7. The summed E-state index contributed by atoms with van der Waals surface area (Å²) < 4.78 is 5.07. The lowest BCUT2D eigenvalue weighted by Gasteiger charge is -2.28. The number of carbonyl (C=O) groups excluding carboxylic acids is 1. The quantitative estimate of drug-likeness (QED) is 0.744. The lowest BCUT2D eigenvalue weighted by Crippen LogP contribution is -2.49. The number of aliphatic hydroxyl groups excluding tert-OH is 1. The van der Waals surface area contributed by atoms with Gasteiger partial charge in [-0.2, -0.15) is 5.26 Å². The van der Waals surface area contributed by atoms with Crippen LogP contribution in [-0.4, -0.2) is 36.9 Å². The van der Waals surface area contributed by atoms with Gasteiger partial charge in [0.15, 0.2) is 0 Å². The topological polar surface area (TPSA) is 82.3 Å². The molecule has 0 aromatic heterocycles. The van der Waals surface area contributed by atoms with Gasteiger partial charge in [-0.05, 0) is 37.1 Å². The number of nitriles is 1. The van der Waals surface area contributed by atoms with E-state index in [1.165, 1.54) is 6.08 Å². The lowest BCUT2D eigenvalue weighted by molar-refractivity contribution is -0.119. The van der Waals surface area contributed by atoms with Crippen LogP contribution in [0.25, 0.3) is 6.08 Å². The molecule has 0 aliphatic heterocycles. The molecule has 1 unspecified atom stereocenters. The summed E-state index contributed by atoms with van der Waals surface area (Å²) in [5.74, 6) is -0.273. The van der Waals surface area contributed by atoms with Crippen molar-refractivity contribution in [1.29, 1.82) is 5.26 Å². The van der Waals surface area contributed by atoms with E-state index in [2.05, 4.69) is 5.32 Å². The summed E-state index contributed by atoms with van der Waals surface area (Å²) in [6.07, 6.45) is 3.45. The summed E-state index contributed by atoms with van der Waals surface area (Å²) in [7, 11) is 1.55. The van der Waals surface area contributed by atoms with Gasteiger partial charge in [0.25, 0.3) is 0 Å². The number of benzene rings is 1. The molecule has 0 saturated carbocycles. The summed E-state index contributed by atoms with van der Waals surface area (Å²) in [4.78, 5) is 11.9. The molecule has 2 N–H and O–H groups in total. The largest absolute Gasteiger partial charge is 0.396 e. The van der Waals surface area contributed by atoms with Crippen LogP contribution in [0.1, 0.15) is 24.5 Å². The van der Waals surface area contributed by atoms with Crippen LogP contribution >= 0.6 is 0 Å². The molecule has 1 aromatic carbocycles. The third-order valence-corrected chi connectivity index (χ3v) is 2.99. The van der Waals surface area contributed by atoms with Crippen LogP contribution in [0.15, 0.2) is 30.3 Å². The highest BCUT2D eigenvalue weighted by atomic mass is 16.5. The molecule has 112 valence electrons. The molecule has 0 radical (unpaired) electrons. The highest BCUT2D eigenvalue weighted by molar-refractivity contribution is 5.92. The van der Waals surface area contributed by atoms with Crippen molar-refractivity contribution in [3.8, 4) is 6.07 Å². The minimum atomic E-state index is -0.612. The second-order valence-corrected chi connectivity index (χ2v) is 5.03. The van der Waals surface area contributed by atoms with Crippen LogP contribution in [0.4, 0.5) is 0 Å². The van der Waals surface area contributed by atoms with Crippen LogP contribution in [-0.2, 0) is 9.53 Å². The van der Waals surface area contributed by atoms with Crippen molar-refractivity contribution in [3.63, 3.8) is 0 Å². The normalized spacial score (nSPS) is 13.6. The third kappa shape index (κ3) is 5.78. The Balaban J connectivity index is 2.71. The Morgan fingerprint density at radius 3 is 2.95 bits per heavy atom. The Bertz CT molecular complexity index is 541. The summed E-state index contributed by atoms with van der Waals surface area (Å²) in [5, 5.41) is 20.7. The molecule has 1 rings (SSSR count). The molecule has 1 aromatic rings. The monoisotopic (exact) mass is 288 g/mol. The van der Waals surface area contributed by atoms with Gasteiger partial charge in [0, 0.05) is 19.8 Å². The molecule has 0 bridgehead atoms. The molecule has 0 aliphatic rings. The Kier molecular flexibility index (Phi) is 6.60. The second kappa shape index (κ2) is 8.20. The fourth-order valence-corrected chi connectivity index (χ4v) is 1.96. The second-order valence-electron chi connectivity index (χ2n) is 5.03. The van der Waals surface area contributed by atoms with Crippen molar-refractivity contribution < 1.29 is 14.6 Å². The number of rotatable bonds is 7. The number of hydrogen-bond acceptors (Lipinski definition) is 4. The molecular formula is C16H20N2O3. The van der Waals surface area contributed by atoms with Gasteiger partial charge < -0.3 is 15.2 Å². The Morgan fingerprint density at radius 2 is 2.33 bits per heavy atom. The van der Waals surface area contributed by atoms with Crippen molar-refractivity contribution in [2.24, 2.45) is 0 Å². The van der Waals surface area contributed by atoms with Crippen LogP contribution in [0.5, 0.6) is 0 Å². The molecule has 21 heavy (non-hydrogen) atoms. The molecule has 1 amide bonds. The van der Waals surface area contributed by atoms with Gasteiger partial charge in [-0.15, -0.1) is 0 Å². The molecule has 1 atom stereocenters. The molecule has 5 nitrogen and oxygen atoms in total. The number of amides is 1. The highest BCUT2D eigenvalue weighted by Gasteiger charge is 2.24. The predicted molar refractivity (Wildman–Crippen MR) is 80.3 cm³/mol. The van der Waals surface area contributed by atoms with Crippen LogP contribution in [0.2, 0.25) is 0 Å². The SMILES string of the molecule is COCC(C)(CCO)NC(=O)/C=C/c1cccc(C#N)c1. The van der Waals surface area contributed by atoms with Gasteiger partial charge in [0.05, 0.1) is 23.8 Å². The van der Waals surface area contributed by atoms with E-state index in [0.717, 1.165) is 5.56 Å². The summed E-state index contributed by atoms with van der Waals surface area (Å²) in [5.41, 5.74) is 0.709. The van der Waals surface area contributed by atoms with Crippen molar-refractivity contribution in [2.75, 3.05) is 20.3 Å². The van der Waals surface area contributed by atoms with E-state index < -0.39 is 5.54 Å². The summed E-state index contributed by atoms with van der Waals surface area (Å²) in [6, 6.07) is 9.02. The van der Waals surface area contributed by atoms with E-state index in [1.807, 2.05) is 19.1 Å². The van der Waals surface area contributed by atoms with Gasteiger partial charge in [0.1, 0.15) is 0 Å². The fourth-order valence-electron chi connectivity index (χ4n) is 1.96. The number of methoxy groups -OCH3 is 1. The van der Waals surface area contributed by atoms with Crippen molar-refractivity contribution in [3.05, 3.63) is 41.5 Å². The Morgan fingerprint density at radius 1 is 1.57 bits per heavy atom. The van der Waals surface area contributed by atoms with Crippen molar-refractivity contribution in [1.82, 2.24) is 5.32 Å². The predicted octanol–water partition coefficient (Wildman–Crippen LogP) is 1.48. The number of ether oxygens (including phenoxy) is 1. The fraction of sp³-hybridized carbons (Fsp3) is 0.375. The van der Waals surface area contributed by atoms with Crippen LogP contribution in [0.3, 0.4) is 0 Å².